The van der Waals surface area contributed by atoms with Crippen LogP contribution in [0.3, 0.4) is 0 Å². The number of fused-ring (bicyclic) bond motifs is 1. The molecule has 1 fully saturated rings. The zero-order valence-electron chi connectivity index (χ0n) is 25.2. The number of hydrogen-bond donors (Lipinski definition) is 2. The number of pyridine rings is 1. The van der Waals surface area contributed by atoms with E-state index < -0.39 is 5.91 Å². The van der Waals surface area contributed by atoms with E-state index in [0.717, 1.165) is 5.56 Å². The summed E-state index contributed by atoms with van der Waals surface area (Å²) < 4.78 is 6.01. The lowest BCUT2D eigenvalue weighted by atomic mass is 9.81. The van der Waals surface area contributed by atoms with Gasteiger partial charge in [0.1, 0.15) is 17.1 Å². The molecule has 0 saturated heterocycles. The summed E-state index contributed by atoms with van der Waals surface area (Å²) in [7, 11) is 9.05. The second-order valence-electron chi connectivity index (χ2n) is 11.5. The molecule has 4 rings (SSSR count). The van der Waals surface area contributed by atoms with E-state index in [0.29, 0.717) is 61.1 Å². The van der Waals surface area contributed by atoms with Gasteiger partial charge >= 0.3 is 0 Å². The van der Waals surface area contributed by atoms with Gasteiger partial charge in [-0.05, 0) is 70.5 Å². The van der Waals surface area contributed by atoms with Crippen LogP contribution in [0.2, 0.25) is 0 Å². The van der Waals surface area contributed by atoms with Crippen LogP contribution >= 0.6 is 0 Å². The normalized spacial score (nSPS) is 16.7. The Balaban J connectivity index is 1.67. The summed E-state index contributed by atoms with van der Waals surface area (Å²) >= 11 is 0. The Labute approximate surface area is 246 Å². The molecule has 0 atom stereocenters. The molecular formula is C31H40N6O5. The highest BCUT2D eigenvalue weighted by molar-refractivity contribution is 6.19. The molecule has 2 heterocycles. The molecule has 2 aromatic heterocycles. The first-order valence-electron chi connectivity index (χ1n) is 14.2. The van der Waals surface area contributed by atoms with E-state index >= 15 is 0 Å². The van der Waals surface area contributed by atoms with Gasteiger partial charge in [-0.1, -0.05) is 12.1 Å². The second kappa shape index (κ2) is 13.2. The smallest absolute Gasteiger partial charge is 0.294 e. The molecule has 11 heteroatoms. The second-order valence-corrected chi connectivity index (χ2v) is 11.5. The number of likely N-dealkylation sites (N-methyl/N-ethyl adjacent to an activating group) is 2. The SMILES string of the molecule is Cc1ccc(NC(=O)c2oc3cccc(C(=O)N(C)CCN(C)C)c3c2NC(=O)[C@H]2CC[C@H](C(=O)N(C)C)CC2)nc1. The first-order valence-corrected chi connectivity index (χ1v) is 14.2. The fourth-order valence-electron chi connectivity index (χ4n) is 5.17. The molecule has 1 aliphatic rings. The van der Waals surface area contributed by atoms with Crippen molar-refractivity contribution in [3.05, 3.63) is 53.4 Å². The van der Waals surface area contributed by atoms with Crippen LogP contribution in [0.1, 0.15) is 52.2 Å². The van der Waals surface area contributed by atoms with E-state index in [9.17, 15) is 19.2 Å². The first-order chi connectivity index (χ1) is 20.0. The Morgan fingerprint density at radius 2 is 1.60 bits per heavy atom. The van der Waals surface area contributed by atoms with Crippen LogP contribution in [0.4, 0.5) is 11.5 Å². The van der Waals surface area contributed by atoms with Crippen molar-refractivity contribution >= 4 is 46.1 Å². The van der Waals surface area contributed by atoms with Crippen LogP contribution in [0.5, 0.6) is 0 Å². The van der Waals surface area contributed by atoms with Crippen molar-refractivity contribution in [1.82, 2.24) is 19.7 Å². The molecule has 0 radical (unpaired) electrons. The number of aryl methyl sites for hydroxylation is 1. The summed E-state index contributed by atoms with van der Waals surface area (Å²) in [6, 6.07) is 8.53. The van der Waals surface area contributed by atoms with Crippen molar-refractivity contribution in [3.8, 4) is 0 Å². The fraction of sp³-hybridized carbons (Fsp3) is 0.452. The number of amides is 4. The topological polar surface area (TPSA) is 128 Å². The quantitative estimate of drug-likeness (QED) is 0.396. The summed E-state index contributed by atoms with van der Waals surface area (Å²) in [5.74, 6) is -1.31. The number of benzene rings is 1. The van der Waals surface area contributed by atoms with Crippen LogP contribution in [0, 0.1) is 18.8 Å². The third-order valence-electron chi connectivity index (χ3n) is 7.67. The van der Waals surface area contributed by atoms with Gasteiger partial charge in [0.05, 0.1) is 10.9 Å². The number of nitrogens with one attached hydrogen (secondary N) is 2. The number of nitrogens with zero attached hydrogens (tertiary/aromatic N) is 4. The number of rotatable bonds is 9. The van der Waals surface area contributed by atoms with E-state index in [1.54, 1.807) is 61.4 Å². The Morgan fingerprint density at radius 3 is 2.21 bits per heavy atom. The van der Waals surface area contributed by atoms with Crippen LogP contribution in [0.25, 0.3) is 11.0 Å². The Bertz CT molecular complexity index is 1450. The van der Waals surface area contributed by atoms with Crippen molar-refractivity contribution in [3.63, 3.8) is 0 Å². The molecule has 0 bridgehead atoms. The van der Waals surface area contributed by atoms with Crippen molar-refractivity contribution < 1.29 is 23.6 Å². The summed E-state index contributed by atoms with van der Waals surface area (Å²) in [4.78, 5) is 62.5. The Hall–Kier alpha value is -4.25. The lowest BCUT2D eigenvalue weighted by Gasteiger charge is -2.28. The molecule has 1 saturated carbocycles. The molecule has 4 amide bonds. The zero-order valence-corrected chi connectivity index (χ0v) is 25.2. The summed E-state index contributed by atoms with van der Waals surface area (Å²) in [5.41, 5.74) is 1.71. The van der Waals surface area contributed by atoms with Gasteiger partial charge in [0.15, 0.2) is 0 Å². The third kappa shape index (κ3) is 6.96. The minimum Gasteiger partial charge on any atom is -0.449 e. The predicted molar refractivity (Wildman–Crippen MR) is 161 cm³/mol. The maximum absolute atomic E-state index is 13.6. The summed E-state index contributed by atoms with van der Waals surface area (Å²) in [5, 5.41) is 6.04. The monoisotopic (exact) mass is 576 g/mol. The third-order valence-corrected chi connectivity index (χ3v) is 7.67. The highest BCUT2D eigenvalue weighted by Crippen LogP contribution is 2.37. The molecule has 0 unspecified atom stereocenters. The lowest BCUT2D eigenvalue weighted by Crippen LogP contribution is -2.35. The Morgan fingerprint density at radius 1 is 0.905 bits per heavy atom. The van der Waals surface area contributed by atoms with Gasteiger partial charge in [-0.25, -0.2) is 4.98 Å². The van der Waals surface area contributed by atoms with Crippen molar-refractivity contribution in [2.75, 3.05) is 59.0 Å². The van der Waals surface area contributed by atoms with E-state index in [1.165, 1.54) is 0 Å². The highest BCUT2D eigenvalue weighted by Gasteiger charge is 2.33. The van der Waals surface area contributed by atoms with Crippen molar-refractivity contribution in [2.24, 2.45) is 11.8 Å². The van der Waals surface area contributed by atoms with Gasteiger partial charge in [-0.15, -0.1) is 0 Å². The highest BCUT2D eigenvalue weighted by atomic mass is 16.3. The minimum atomic E-state index is -0.600. The largest absolute Gasteiger partial charge is 0.449 e. The van der Waals surface area contributed by atoms with Gasteiger partial charge in [0, 0.05) is 52.3 Å². The maximum Gasteiger partial charge on any atom is 0.294 e. The van der Waals surface area contributed by atoms with Crippen molar-refractivity contribution in [2.45, 2.75) is 32.6 Å². The molecule has 11 nitrogen and oxygen atoms in total. The number of carbonyl (C=O) groups is 4. The van der Waals surface area contributed by atoms with Crippen molar-refractivity contribution in [1.29, 1.82) is 0 Å². The van der Waals surface area contributed by atoms with Crippen LogP contribution in [-0.2, 0) is 9.59 Å². The van der Waals surface area contributed by atoms with Crippen LogP contribution in [-0.4, -0.2) is 91.6 Å². The first kappa shape index (κ1) is 30.7. The number of carbonyl (C=O) groups excluding carboxylic acids is 4. The molecule has 224 valence electrons. The van der Waals surface area contributed by atoms with E-state index in [4.69, 9.17) is 4.42 Å². The minimum absolute atomic E-state index is 0.0694. The lowest BCUT2D eigenvalue weighted by molar-refractivity contribution is -0.135. The molecule has 42 heavy (non-hydrogen) atoms. The van der Waals surface area contributed by atoms with Gasteiger partial charge in [0.2, 0.25) is 17.6 Å². The van der Waals surface area contributed by atoms with Gasteiger partial charge in [-0.2, -0.15) is 0 Å². The number of hydrogen-bond acceptors (Lipinski definition) is 7. The summed E-state index contributed by atoms with van der Waals surface area (Å²) in [6.45, 7) is 3.05. The molecule has 0 aliphatic heterocycles. The molecule has 2 N–H and O–H groups in total. The van der Waals surface area contributed by atoms with E-state index in [-0.39, 0.29) is 41.0 Å². The molecular weight excluding hydrogens is 536 g/mol. The number of anilines is 2. The predicted octanol–water partition coefficient (Wildman–Crippen LogP) is 3.86. The fourth-order valence-corrected chi connectivity index (χ4v) is 5.17. The molecule has 1 aliphatic carbocycles. The summed E-state index contributed by atoms with van der Waals surface area (Å²) in [6.07, 6.45) is 3.93. The van der Waals surface area contributed by atoms with Gasteiger partial charge in [-0.3, -0.25) is 19.2 Å². The average molecular weight is 577 g/mol. The number of furan rings is 1. The molecule has 3 aromatic rings. The molecule has 1 aromatic carbocycles. The van der Waals surface area contributed by atoms with Crippen LogP contribution < -0.4 is 10.6 Å². The molecule has 0 spiro atoms. The average Bonchev–Trinajstić information content (AvgIpc) is 3.34. The standard InChI is InChI=1S/C31H40N6O5/c1-19-10-15-24(32-18-19)33-29(39)27-26(34-28(38)20-11-13-21(14-12-20)30(40)36(4)5)25-22(8-7-9-23(25)42-27)31(41)37(6)17-16-35(2)3/h7-10,15,18,20-21H,11-14,16-17H2,1-6H3,(H,34,38)(H,32,33,39)/t20-,21-. The van der Waals surface area contributed by atoms with E-state index in [1.807, 2.05) is 32.0 Å². The number of aromatic nitrogens is 1. The Kier molecular flexibility index (Phi) is 9.62. The van der Waals surface area contributed by atoms with Crippen LogP contribution in [0.15, 0.2) is 40.9 Å². The van der Waals surface area contributed by atoms with Gasteiger partial charge < -0.3 is 29.8 Å². The zero-order chi connectivity index (χ0) is 30.6. The maximum atomic E-state index is 13.6. The van der Waals surface area contributed by atoms with Gasteiger partial charge in [0.25, 0.3) is 11.8 Å². The van der Waals surface area contributed by atoms with E-state index in [2.05, 4.69) is 15.6 Å².